The molecule has 0 fully saturated rings. The molecule has 0 aliphatic carbocycles. The van der Waals surface area contributed by atoms with E-state index in [0.717, 1.165) is 0 Å². The zero-order valence-corrected chi connectivity index (χ0v) is 9.96. The molecule has 0 unspecified atom stereocenters. The van der Waals surface area contributed by atoms with E-state index in [4.69, 9.17) is 0 Å². The maximum atomic E-state index is 0. The van der Waals surface area contributed by atoms with Crippen LogP contribution in [0.3, 0.4) is 0 Å². The van der Waals surface area contributed by atoms with E-state index in [1.165, 1.54) is 0 Å². The first-order chi connectivity index (χ1) is 0. The topological polar surface area (TPSA) is 0 Å². The molecule has 0 rings (SSSR count). The van der Waals surface area contributed by atoms with Crippen LogP contribution in [0, 0.1) is 79.0 Å². The summed E-state index contributed by atoms with van der Waals surface area (Å²) < 4.78 is 0. The van der Waals surface area contributed by atoms with Crippen molar-refractivity contribution in [2.24, 2.45) is 0 Å². The Kier molecular flexibility index (Phi) is 95.2. The Bertz CT molecular complexity index is 8.00. The van der Waals surface area contributed by atoms with E-state index in [2.05, 4.69) is 0 Å². The molecule has 0 atom stereocenters. The average molecular weight is 439 g/mol. The normalized spacial score (nSPS) is 0. The molecular weight excluding hydrogens is 439 g/mol. The standard InChI is InChI=1S/Ag.Dy.Mg.Nd. The molecule has 4 heavy (non-hydrogen) atoms. The van der Waals surface area contributed by atoms with Crippen LogP contribution in [0.5, 0.6) is 0 Å². The number of hydrogen-bond acceptors (Lipinski definition) is 0. The third-order valence-electron chi connectivity index (χ3n) is 0. The van der Waals surface area contributed by atoms with Crippen molar-refractivity contribution in [3.8, 4) is 0 Å². The first kappa shape index (κ1) is 24.2. The molecule has 0 bridgehead atoms. The summed E-state index contributed by atoms with van der Waals surface area (Å²) in [6, 6.07) is 0. The Morgan fingerprint density at radius 2 is 1.00 bits per heavy atom. The second-order valence-electron chi connectivity index (χ2n) is 0. The van der Waals surface area contributed by atoms with Gasteiger partial charge in [-0.1, -0.05) is 0 Å². The van der Waals surface area contributed by atoms with E-state index >= 15 is 0 Å². The van der Waals surface area contributed by atoms with Crippen molar-refractivity contribution in [1.29, 1.82) is 0 Å². The van der Waals surface area contributed by atoms with E-state index in [1.807, 2.05) is 0 Å². The Morgan fingerprint density at radius 1 is 1.00 bits per heavy atom. The van der Waals surface area contributed by atoms with E-state index in [9.17, 15) is 0 Å². The van der Waals surface area contributed by atoms with Crippen molar-refractivity contribution < 1.29 is 101 Å². The van der Waals surface area contributed by atoms with Gasteiger partial charge in [-0.2, -0.15) is 0 Å². The molecule has 0 aliphatic heterocycles. The van der Waals surface area contributed by atoms with Crippen LogP contribution >= 0.6 is 0 Å². The molecule has 0 aromatic rings. The molecule has 0 heterocycles. The van der Waals surface area contributed by atoms with Gasteiger partial charge >= 0.3 is 0 Å². The molecule has 0 spiro atoms. The van der Waals surface area contributed by atoms with Crippen LogP contribution in [0.2, 0.25) is 0 Å². The van der Waals surface area contributed by atoms with Crippen LogP contribution in [0.25, 0.3) is 0 Å². The second kappa shape index (κ2) is 15.7. The molecule has 27 valence electrons. The fourth-order valence-electron chi connectivity index (χ4n) is 0. The third-order valence-corrected chi connectivity index (χ3v) is 0. The Morgan fingerprint density at radius 3 is 1.00 bits per heavy atom. The van der Waals surface area contributed by atoms with E-state index in [-0.39, 0.29) is 124 Å². The minimum atomic E-state index is 0. The fourth-order valence-corrected chi connectivity index (χ4v) is 0. The molecule has 0 saturated carbocycles. The summed E-state index contributed by atoms with van der Waals surface area (Å²) in [6.07, 6.45) is 0. The molecule has 0 aliphatic rings. The summed E-state index contributed by atoms with van der Waals surface area (Å²) >= 11 is 0. The third kappa shape index (κ3) is 9.46. The van der Waals surface area contributed by atoms with Crippen LogP contribution in [0.4, 0.5) is 0 Å². The summed E-state index contributed by atoms with van der Waals surface area (Å²) in [4.78, 5) is 0. The van der Waals surface area contributed by atoms with E-state index in [0.29, 0.717) is 0 Å². The molecule has 0 aromatic carbocycles. The van der Waals surface area contributed by atoms with Gasteiger partial charge in [0, 0.05) is 124 Å². The van der Waals surface area contributed by atoms with Gasteiger partial charge in [-0.3, -0.25) is 0 Å². The first-order valence-electron chi connectivity index (χ1n) is 0. The van der Waals surface area contributed by atoms with Crippen LogP contribution < -0.4 is 0 Å². The van der Waals surface area contributed by atoms with Crippen molar-refractivity contribution in [2.75, 3.05) is 0 Å². The summed E-state index contributed by atoms with van der Waals surface area (Å²) in [5.41, 5.74) is 0. The van der Waals surface area contributed by atoms with Gasteiger partial charge in [-0.25, -0.2) is 0 Å². The quantitative estimate of drug-likeness (QED) is 0.452. The molecule has 4 heteroatoms. The van der Waals surface area contributed by atoms with Crippen molar-refractivity contribution in [1.82, 2.24) is 0 Å². The number of rotatable bonds is 0. The van der Waals surface area contributed by atoms with E-state index in [1.54, 1.807) is 0 Å². The van der Waals surface area contributed by atoms with Gasteiger partial charge in [-0.15, -0.1) is 0 Å². The van der Waals surface area contributed by atoms with Gasteiger partial charge in [0.25, 0.3) is 0 Å². The Balaban J connectivity index is 0. The van der Waals surface area contributed by atoms with Gasteiger partial charge in [0.15, 0.2) is 0 Å². The Labute approximate surface area is 121 Å². The van der Waals surface area contributed by atoms with E-state index < -0.39 is 0 Å². The SMILES string of the molecule is [Ag].[Dy].[Mg].[Nd]. The average Bonchev–Trinajstić information content (AvgIpc) is 0. The zero-order valence-electron chi connectivity index (χ0n) is 1.82. The summed E-state index contributed by atoms with van der Waals surface area (Å²) in [5, 5.41) is 0. The number of hydrogen-bond donors (Lipinski definition) is 0. The van der Waals surface area contributed by atoms with Crippen LogP contribution in [-0.4, -0.2) is 23.1 Å². The smallest absolute Gasteiger partial charge is 0 e. The molecule has 0 N–H and O–H groups in total. The van der Waals surface area contributed by atoms with Gasteiger partial charge in [0.2, 0.25) is 0 Å². The van der Waals surface area contributed by atoms with Gasteiger partial charge in [-0.05, 0) is 0 Å². The predicted octanol–water partition coefficient (Wildman–Crippen LogP) is -0.383. The van der Waals surface area contributed by atoms with Gasteiger partial charge in [0.05, 0.1) is 0 Å². The Hall–Kier alpha value is 4.13. The first-order valence-corrected chi connectivity index (χ1v) is 0. The molecular formula is AgDyMgNd. The zero-order chi connectivity index (χ0) is 0. The minimum absolute atomic E-state index is 0. The maximum absolute atomic E-state index is 0. The molecule has 0 nitrogen and oxygen atoms in total. The molecule has 0 aromatic heterocycles. The van der Waals surface area contributed by atoms with Crippen LogP contribution in [0.1, 0.15) is 0 Å². The summed E-state index contributed by atoms with van der Waals surface area (Å²) in [7, 11) is 0. The van der Waals surface area contributed by atoms with Crippen molar-refractivity contribution >= 4 is 23.1 Å². The predicted molar refractivity (Wildman–Crippen MR) is 5.75 cm³/mol. The summed E-state index contributed by atoms with van der Waals surface area (Å²) in [6.45, 7) is 0. The molecule has 0 amide bonds. The van der Waals surface area contributed by atoms with Crippen molar-refractivity contribution in [3.05, 3.63) is 0 Å². The maximum Gasteiger partial charge on any atom is 0 e. The monoisotopic (exact) mass is 437 g/mol. The van der Waals surface area contributed by atoms with Gasteiger partial charge < -0.3 is 0 Å². The molecule has 0 saturated heterocycles. The molecule has 3 radical (unpaired) electrons. The van der Waals surface area contributed by atoms with Gasteiger partial charge in [0.1, 0.15) is 0 Å². The van der Waals surface area contributed by atoms with Crippen molar-refractivity contribution in [2.45, 2.75) is 0 Å². The largest absolute Gasteiger partial charge is 0 e. The fraction of sp³-hybridized carbons (Fsp3) is 0. The minimum Gasteiger partial charge on any atom is 0 e. The van der Waals surface area contributed by atoms with Crippen LogP contribution in [-0.2, 0) is 22.4 Å². The van der Waals surface area contributed by atoms with Crippen molar-refractivity contribution in [3.63, 3.8) is 0 Å². The summed E-state index contributed by atoms with van der Waals surface area (Å²) in [5.74, 6) is 0. The van der Waals surface area contributed by atoms with Crippen LogP contribution in [0.15, 0.2) is 0 Å². The second-order valence-corrected chi connectivity index (χ2v) is 0.